The number of sulfonamides is 1. The maximum atomic E-state index is 14.3. The molecule has 0 aliphatic carbocycles. The number of aromatic nitrogens is 2. The molecule has 1 aromatic carbocycles. The standard InChI is InChI=1S/C15H18ClFN4O3S2/c1-5-18-26(23,24)8-6-9(11(17)10(16)7-8)12(22)19-14-21-20-13(25-14)15(2,3)4/h6-7,18H,5H2,1-4H3,(H,19,21,22). The lowest BCUT2D eigenvalue weighted by molar-refractivity contribution is 0.102. The van der Waals surface area contributed by atoms with E-state index in [0.29, 0.717) is 5.01 Å². The number of hydrogen-bond acceptors (Lipinski definition) is 6. The summed E-state index contributed by atoms with van der Waals surface area (Å²) in [5.74, 6) is -1.88. The van der Waals surface area contributed by atoms with Gasteiger partial charge >= 0.3 is 0 Å². The molecule has 0 fully saturated rings. The summed E-state index contributed by atoms with van der Waals surface area (Å²) in [6, 6.07) is 1.88. The number of anilines is 1. The molecule has 0 aliphatic heterocycles. The molecule has 0 aliphatic rings. The van der Waals surface area contributed by atoms with Gasteiger partial charge in [0.1, 0.15) is 5.01 Å². The molecule has 1 amide bonds. The summed E-state index contributed by atoms with van der Waals surface area (Å²) in [4.78, 5) is 12.1. The molecule has 0 spiro atoms. The summed E-state index contributed by atoms with van der Waals surface area (Å²) in [7, 11) is -3.90. The van der Waals surface area contributed by atoms with Crippen LogP contribution in [0.3, 0.4) is 0 Å². The zero-order valence-corrected chi connectivity index (χ0v) is 16.9. The van der Waals surface area contributed by atoms with Gasteiger partial charge in [-0.05, 0) is 12.1 Å². The Morgan fingerprint density at radius 2 is 1.96 bits per heavy atom. The molecule has 0 atom stereocenters. The van der Waals surface area contributed by atoms with Crippen LogP contribution in [0.4, 0.5) is 9.52 Å². The molecule has 0 saturated carbocycles. The maximum Gasteiger partial charge on any atom is 0.260 e. The molecule has 2 rings (SSSR count). The molecular weight excluding hydrogens is 403 g/mol. The van der Waals surface area contributed by atoms with Crippen molar-refractivity contribution in [2.24, 2.45) is 0 Å². The van der Waals surface area contributed by atoms with Gasteiger partial charge in [0.05, 0.1) is 15.5 Å². The summed E-state index contributed by atoms with van der Waals surface area (Å²) >= 11 is 6.91. The second-order valence-electron chi connectivity index (χ2n) is 6.38. The van der Waals surface area contributed by atoms with Gasteiger partial charge in [-0.15, -0.1) is 10.2 Å². The molecule has 1 aromatic heterocycles. The second kappa shape index (κ2) is 7.55. The third-order valence-electron chi connectivity index (χ3n) is 3.18. The van der Waals surface area contributed by atoms with Crippen molar-refractivity contribution in [3.05, 3.63) is 33.5 Å². The Hall–Kier alpha value is -1.62. The molecule has 142 valence electrons. The lowest BCUT2D eigenvalue weighted by atomic mass is 9.98. The molecule has 7 nitrogen and oxygen atoms in total. The van der Waals surface area contributed by atoms with E-state index in [0.717, 1.165) is 23.5 Å². The van der Waals surface area contributed by atoms with Crippen molar-refractivity contribution in [2.75, 3.05) is 11.9 Å². The highest BCUT2D eigenvalue weighted by atomic mass is 35.5. The molecule has 0 unspecified atom stereocenters. The number of rotatable bonds is 5. The van der Waals surface area contributed by atoms with E-state index in [1.165, 1.54) is 0 Å². The SMILES string of the molecule is CCNS(=O)(=O)c1cc(Cl)c(F)c(C(=O)Nc2nnc(C(C)(C)C)s2)c1. The monoisotopic (exact) mass is 420 g/mol. The highest BCUT2D eigenvalue weighted by molar-refractivity contribution is 7.89. The van der Waals surface area contributed by atoms with Crippen molar-refractivity contribution >= 4 is 44.0 Å². The molecule has 0 radical (unpaired) electrons. The van der Waals surface area contributed by atoms with Crippen LogP contribution >= 0.6 is 22.9 Å². The fourth-order valence-electron chi connectivity index (χ4n) is 1.90. The summed E-state index contributed by atoms with van der Waals surface area (Å²) in [6.45, 7) is 7.55. The van der Waals surface area contributed by atoms with E-state index in [1.54, 1.807) is 6.92 Å². The first-order chi connectivity index (χ1) is 12.0. The van der Waals surface area contributed by atoms with E-state index in [1.807, 2.05) is 20.8 Å². The molecule has 26 heavy (non-hydrogen) atoms. The van der Waals surface area contributed by atoms with Gasteiger partial charge in [-0.1, -0.05) is 50.6 Å². The first kappa shape index (κ1) is 20.7. The second-order valence-corrected chi connectivity index (χ2v) is 9.54. The van der Waals surface area contributed by atoms with Crippen molar-refractivity contribution in [2.45, 2.75) is 38.0 Å². The minimum absolute atomic E-state index is 0.138. The van der Waals surface area contributed by atoms with E-state index in [9.17, 15) is 17.6 Å². The zero-order valence-electron chi connectivity index (χ0n) is 14.6. The fourth-order valence-corrected chi connectivity index (χ4v) is 4.07. The summed E-state index contributed by atoms with van der Waals surface area (Å²) in [5.41, 5.74) is -0.754. The molecule has 0 bridgehead atoms. The van der Waals surface area contributed by atoms with Crippen LogP contribution in [0.15, 0.2) is 17.0 Å². The van der Waals surface area contributed by atoms with Crippen LogP contribution in [-0.2, 0) is 15.4 Å². The van der Waals surface area contributed by atoms with E-state index in [-0.39, 0.29) is 22.0 Å². The number of nitrogens with zero attached hydrogens (tertiary/aromatic N) is 2. The molecular formula is C15H18ClFN4O3S2. The van der Waals surface area contributed by atoms with Gasteiger partial charge in [0.15, 0.2) is 5.82 Å². The third kappa shape index (κ3) is 4.56. The van der Waals surface area contributed by atoms with E-state index in [2.05, 4.69) is 20.2 Å². The smallest absolute Gasteiger partial charge is 0.260 e. The highest BCUT2D eigenvalue weighted by Crippen LogP contribution is 2.29. The van der Waals surface area contributed by atoms with Crippen molar-refractivity contribution in [1.29, 1.82) is 0 Å². The maximum absolute atomic E-state index is 14.3. The predicted octanol–water partition coefficient (Wildman–Crippen LogP) is 3.18. The van der Waals surface area contributed by atoms with Crippen LogP contribution in [-0.4, -0.2) is 31.1 Å². The minimum Gasteiger partial charge on any atom is -0.296 e. The van der Waals surface area contributed by atoms with Crippen LogP contribution in [0.2, 0.25) is 5.02 Å². The lowest BCUT2D eigenvalue weighted by Crippen LogP contribution is -2.24. The van der Waals surface area contributed by atoms with Gasteiger partial charge in [-0.25, -0.2) is 17.5 Å². The molecule has 1 heterocycles. The van der Waals surface area contributed by atoms with Gasteiger partial charge in [-0.2, -0.15) is 0 Å². The normalized spacial score (nSPS) is 12.2. The Morgan fingerprint density at radius 1 is 1.31 bits per heavy atom. The number of hydrogen-bond donors (Lipinski definition) is 2. The number of nitrogens with one attached hydrogen (secondary N) is 2. The largest absolute Gasteiger partial charge is 0.296 e. The summed E-state index contributed by atoms with van der Waals surface area (Å²) < 4.78 is 40.7. The molecule has 2 aromatic rings. The van der Waals surface area contributed by atoms with E-state index < -0.39 is 32.3 Å². The fraction of sp³-hybridized carbons (Fsp3) is 0.400. The predicted molar refractivity (Wildman–Crippen MR) is 98.8 cm³/mol. The van der Waals surface area contributed by atoms with Gasteiger partial charge in [0.25, 0.3) is 5.91 Å². The molecule has 11 heteroatoms. The van der Waals surface area contributed by atoms with Crippen LogP contribution in [0, 0.1) is 5.82 Å². The first-order valence-electron chi connectivity index (χ1n) is 7.59. The Kier molecular flexibility index (Phi) is 6.01. The van der Waals surface area contributed by atoms with Gasteiger partial charge in [0.2, 0.25) is 15.2 Å². The van der Waals surface area contributed by atoms with E-state index >= 15 is 0 Å². The number of benzene rings is 1. The van der Waals surface area contributed by atoms with Gasteiger partial charge in [0, 0.05) is 12.0 Å². The Bertz CT molecular complexity index is 939. The summed E-state index contributed by atoms with van der Waals surface area (Å²) in [5, 5.41) is 10.7. The molecule has 0 saturated heterocycles. The highest BCUT2D eigenvalue weighted by Gasteiger charge is 2.24. The van der Waals surface area contributed by atoms with E-state index in [4.69, 9.17) is 11.6 Å². The Balaban J connectivity index is 2.37. The van der Waals surface area contributed by atoms with Crippen LogP contribution in [0.5, 0.6) is 0 Å². The summed E-state index contributed by atoms with van der Waals surface area (Å²) in [6.07, 6.45) is 0. The zero-order chi connectivity index (χ0) is 19.7. The average Bonchev–Trinajstić information content (AvgIpc) is 2.98. The van der Waals surface area contributed by atoms with Crippen LogP contribution in [0.1, 0.15) is 43.1 Å². The quantitative estimate of drug-likeness (QED) is 0.773. The number of amides is 1. The van der Waals surface area contributed by atoms with Crippen molar-refractivity contribution in [3.63, 3.8) is 0 Å². The van der Waals surface area contributed by atoms with Gasteiger partial charge < -0.3 is 0 Å². The lowest BCUT2D eigenvalue weighted by Gasteiger charge is -2.12. The number of carbonyl (C=O) groups is 1. The van der Waals surface area contributed by atoms with Crippen molar-refractivity contribution < 1.29 is 17.6 Å². The van der Waals surface area contributed by atoms with Crippen LogP contribution in [0.25, 0.3) is 0 Å². The number of carbonyl (C=O) groups excluding carboxylic acids is 1. The topological polar surface area (TPSA) is 101 Å². The Morgan fingerprint density at radius 3 is 2.50 bits per heavy atom. The molecule has 2 N–H and O–H groups in total. The van der Waals surface area contributed by atoms with Crippen LogP contribution < -0.4 is 10.0 Å². The average molecular weight is 421 g/mol. The van der Waals surface area contributed by atoms with Crippen molar-refractivity contribution in [1.82, 2.24) is 14.9 Å². The number of halogens is 2. The first-order valence-corrected chi connectivity index (χ1v) is 10.3. The van der Waals surface area contributed by atoms with Crippen molar-refractivity contribution in [3.8, 4) is 0 Å². The Labute approximate surface area is 160 Å². The third-order valence-corrected chi connectivity index (χ3v) is 6.24. The van der Waals surface area contributed by atoms with Gasteiger partial charge in [-0.3, -0.25) is 10.1 Å². The minimum atomic E-state index is -3.90.